The molecule has 0 saturated carbocycles. The Morgan fingerprint density at radius 2 is 1.27 bits per heavy atom. The highest BCUT2D eigenvalue weighted by molar-refractivity contribution is 6.50. The van der Waals surface area contributed by atoms with Gasteiger partial charge in [-0.25, -0.2) is 0 Å². The van der Waals surface area contributed by atoms with Crippen LogP contribution in [0.4, 0.5) is 17.3 Å². The van der Waals surface area contributed by atoms with Gasteiger partial charge in [0.15, 0.2) is 0 Å². The highest BCUT2D eigenvalue weighted by Crippen LogP contribution is 2.06. The van der Waals surface area contributed by atoms with Gasteiger partial charge in [-0.15, -0.1) is 0 Å². The molecule has 0 aromatic heterocycles. The predicted molar refractivity (Wildman–Crippen MR) is 33.9 cm³/mol. The summed E-state index contributed by atoms with van der Waals surface area (Å²) in [6.07, 6.45) is 2.70. The lowest BCUT2D eigenvalue weighted by atomic mass is 10.3. The van der Waals surface area contributed by atoms with E-state index in [1.54, 1.807) is 0 Å². The molecule has 1 heterocycles. The third-order valence-corrected chi connectivity index (χ3v) is 1.20. The Balaban J connectivity index is 0.000000187. The number of halogens is 4. The zero-order chi connectivity index (χ0) is 8.91. The largest absolute Gasteiger partial charge is 0.673 e. The van der Waals surface area contributed by atoms with E-state index in [0.717, 1.165) is 0 Å². The van der Waals surface area contributed by atoms with Gasteiger partial charge in [-0.1, -0.05) is 0 Å². The van der Waals surface area contributed by atoms with Crippen LogP contribution in [0.2, 0.25) is 0 Å². The van der Waals surface area contributed by atoms with Crippen molar-refractivity contribution in [3.05, 3.63) is 0 Å². The fraction of sp³-hybridized carbons (Fsp3) is 1.00. The zero-order valence-electron chi connectivity index (χ0n) is 6.07. The minimum absolute atomic E-state index is 1.21. The lowest BCUT2D eigenvalue weighted by Gasteiger charge is -1.96. The molecular formula is C4H11BF4N2. The van der Waals surface area contributed by atoms with Gasteiger partial charge >= 0.3 is 7.25 Å². The van der Waals surface area contributed by atoms with E-state index in [4.69, 9.17) is 0 Å². The van der Waals surface area contributed by atoms with E-state index in [9.17, 15) is 17.3 Å². The summed E-state index contributed by atoms with van der Waals surface area (Å²) >= 11 is 0. The maximum absolute atomic E-state index is 9.75. The summed E-state index contributed by atoms with van der Waals surface area (Å²) in [7, 11) is -6.00. The van der Waals surface area contributed by atoms with E-state index >= 15 is 0 Å². The summed E-state index contributed by atoms with van der Waals surface area (Å²) in [6, 6.07) is 0. The van der Waals surface area contributed by atoms with Crippen molar-refractivity contribution in [1.82, 2.24) is 5.01 Å². The summed E-state index contributed by atoms with van der Waals surface area (Å²) in [6.45, 7) is 2.42. The average Bonchev–Trinajstić information content (AvgIpc) is 2.12. The van der Waals surface area contributed by atoms with Gasteiger partial charge in [0.25, 0.3) is 0 Å². The van der Waals surface area contributed by atoms with Gasteiger partial charge < -0.3 is 17.3 Å². The Labute approximate surface area is 62.4 Å². The molecule has 0 atom stereocenters. The molecule has 0 bridgehead atoms. The first-order valence-electron chi connectivity index (χ1n) is 3.32. The van der Waals surface area contributed by atoms with E-state index < -0.39 is 7.25 Å². The summed E-state index contributed by atoms with van der Waals surface area (Å²) < 4.78 is 39.0. The highest BCUT2D eigenvalue weighted by atomic mass is 19.5. The number of nitrogens with zero attached hydrogens (tertiary/aromatic N) is 1. The molecule has 1 fully saturated rings. The minimum atomic E-state index is -6.00. The van der Waals surface area contributed by atoms with E-state index in [-0.39, 0.29) is 0 Å². The quantitative estimate of drug-likeness (QED) is 0.421. The van der Waals surface area contributed by atoms with Gasteiger partial charge in [-0.05, 0) is 12.8 Å². The van der Waals surface area contributed by atoms with Crippen LogP contribution in [0.5, 0.6) is 0 Å². The molecule has 0 aromatic carbocycles. The van der Waals surface area contributed by atoms with Crippen molar-refractivity contribution < 1.29 is 23.1 Å². The molecule has 68 valence electrons. The van der Waals surface area contributed by atoms with Crippen molar-refractivity contribution in [1.29, 1.82) is 0 Å². The molecule has 0 aromatic rings. The molecule has 0 radical (unpaired) electrons. The van der Waals surface area contributed by atoms with Crippen molar-refractivity contribution in [2.24, 2.45) is 0 Å². The molecule has 1 aliphatic heterocycles. The molecule has 11 heavy (non-hydrogen) atoms. The summed E-state index contributed by atoms with van der Waals surface area (Å²) in [5, 5.41) is 2.11. The number of rotatable bonds is 0. The first-order valence-corrected chi connectivity index (χ1v) is 3.32. The molecule has 1 rings (SSSR count). The molecule has 1 aliphatic rings. The van der Waals surface area contributed by atoms with Gasteiger partial charge in [-0.2, -0.15) is 5.01 Å². The SMILES string of the molecule is F[B-](F)(F)F.[NH3+]N1CCCC1. The average molecular weight is 174 g/mol. The number of hydrogen-bond donors (Lipinski definition) is 1. The van der Waals surface area contributed by atoms with Crippen LogP contribution in [0.1, 0.15) is 12.8 Å². The minimum Gasteiger partial charge on any atom is -0.418 e. The Hall–Kier alpha value is -0.295. The molecule has 0 spiro atoms. The Morgan fingerprint density at radius 1 is 1.00 bits per heavy atom. The standard InChI is InChI=1S/C4H10N2.BF4/c5-6-3-1-2-4-6;2-1(3,4)5/h1-5H2;/q;-1/p+1. The van der Waals surface area contributed by atoms with Crippen LogP contribution in [0.3, 0.4) is 0 Å². The molecule has 0 amide bonds. The normalized spacial score (nSPS) is 19.4. The predicted octanol–water partition coefficient (Wildman–Crippen LogP) is 0.539. The van der Waals surface area contributed by atoms with Gasteiger partial charge in [0, 0.05) is 13.1 Å². The summed E-state index contributed by atoms with van der Waals surface area (Å²) in [4.78, 5) is 0. The van der Waals surface area contributed by atoms with Crippen molar-refractivity contribution in [2.45, 2.75) is 12.8 Å². The van der Waals surface area contributed by atoms with Crippen LogP contribution in [0.15, 0.2) is 0 Å². The summed E-state index contributed by atoms with van der Waals surface area (Å²) in [5.74, 6) is 3.77. The van der Waals surface area contributed by atoms with Crippen LogP contribution in [0.25, 0.3) is 0 Å². The number of hydrogen-bond acceptors (Lipinski definition) is 1. The fourth-order valence-corrected chi connectivity index (χ4v) is 0.783. The van der Waals surface area contributed by atoms with Crippen molar-refractivity contribution >= 4 is 7.25 Å². The van der Waals surface area contributed by atoms with Gasteiger partial charge in [0.05, 0.1) is 0 Å². The third kappa shape index (κ3) is 12.8. The van der Waals surface area contributed by atoms with Gasteiger partial charge in [0.1, 0.15) is 0 Å². The first-order chi connectivity index (χ1) is 4.89. The van der Waals surface area contributed by atoms with Crippen molar-refractivity contribution in [3.8, 4) is 0 Å². The molecule has 7 heteroatoms. The zero-order valence-corrected chi connectivity index (χ0v) is 6.07. The smallest absolute Gasteiger partial charge is 0.418 e. The molecule has 3 N–H and O–H groups in total. The van der Waals surface area contributed by atoms with Gasteiger partial charge in [0.2, 0.25) is 0 Å². The van der Waals surface area contributed by atoms with Crippen LogP contribution in [-0.2, 0) is 0 Å². The van der Waals surface area contributed by atoms with Crippen molar-refractivity contribution in [3.63, 3.8) is 0 Å². The van der Waals surface area contributed by atoms with E-state index in [1.165, 1.54) is 25.9 Å². The Kier molecular flexibility index (Phi) is 4.43. The van der Waals surface area contributed by atoms with E-state index in [1.807, 2.05) is 0 Å². The van der Waals surface area contributed by atoms with Crippen molar-refractivity contribution in [2.75, 3.05) is 13.1 Å². The topological polar surface area (TPSA) is 30.9 Å². The molecular weight excluding hydrogens is 163 g/mol. The maximum Gasteiger partial charge on any atom is 0.673 e. The van der Waals surface area contributed by atoms with E-state index in [0.29, 0.717) is 0 Å². The second kappa shape index (κ2) is 4.56. The van der Waals surface area contributed by atoms with Crippen LogP contribution >= 0.6 is 0 Å². The van der Waals surface area contributed by atoms with Crippen LogP contribution < -0.4 is 5.84 Å². The van der Waals surface area contributed by atoms with Gasteiger partial charge in [-0.3, -0.25) is 5.84 Å². The summed E-state index contributed by atoms with van der Waals surface area (Å²) in [5.41, 5.74) is 0. The fourth-order valence-electron chi connectivity index (χ4n) is 0.783. The van der Waals surface area contributed by atoms with E-state index in [2.05, 4.69) is 10.9 Å². The lowest BCUT2D eigenvalue weighted by Crippen LogP contribution is -2.65. The third-order valence-electron chi connectivity index (χ3n) is 1.20. The molecule has 1 saturated heterocycles. The molecule has 0 unspecified atom stereocenters. The lowest BCUT2D eigenvalue weighted by molar-refractivity contribution is -0.568. The monoisotopic (exact) mass is 174 g/mol. The van der Waals surface area contributed by atoms with Crippen LogP contribution in [0, 0.1) is 0 Å². The molecule has 0 aliphatic carbocycles. The highest BCUT2D eigenvalue weighted by Gasteiger charge is 2.20. The second-order valence-electron chi connectivity index (χ2n) is 2.32. The number of quaternary nitrogens is 1. The first kappa shape index (κ1) is 10.7. The Morgan fingerprint density at radius 3 is 1.36 bits per heavy atom. The second-order valence-corrected chi connectivity index (χ2v) is 2.32. The molecule has 2 nitrogen and oxygen atoms in total. The maximum atomic E-state index is 9.75. The van der Waals surface area contributed by atoms with Crippen LogP contribution in [-0.4, -0.2) is 25.4 Å². The Bertz CT molecular complexity index is 94.8.